The van der Waals surface area contributed by atoms with Gasteiger partial charge in [-0.25, -0.2) is 13.4 Å². The van der Waals surface area contributed by atoms with E-state index in [-0.39, 0.29) is 21.5 Å². The third kappa shape index (κ3) is 4.21. The van der Waals surface area contributed by atoms with E-state index in [1.54, 1.807) is 37.4 Å². The molecule has 0 spiro atoms. The summed E-state index contributed by atoms with van der Waals surface area (Å²) in [7, 11) is -1.05. The monoisotopic (exact) mass is 449 g/mol. The van der Waals surface area contributed by atoms with Gasteiger partial charge in [-0.1, -0.05) is 12.1 Å². The maximum absolute atomic E-state index is 12.9. The summed E-state index contributed by atoms with van der Waals surface area (Å²) in [6.45, 7) is 3.29. The van der Waals surface area contributed by atoms with Crippen molar-refractivity contribution >= 4 is 32.2 Å². The summed E-state index contributed by atoms with van der Waals surface area (Å²) < 4.78 is 38.6. The van der Waals surface area contributed by atoms with Crippen LogP contribution in [-0.2, 0) is 10.0 Å². The van der Waals surface area contributed by atoms with Gasteiger partial charge in [-0.2, -0.15) is 0 Å². The van der Waals surface area contributed by atoms with E-state index >= 15 is 0 Å². The number of nitrogens with zero attached hydrogens (tertiary/aromatic N) is 2. The first-order chi connectivity index (χ1) is 14.2. The number of benzene rings is 2. The van der Waals surface area contributed by atoms with Gasteiger partial charge in [-0.3, -0.25) is 14.8 Å². The molecule has 1 aromatic heterocycles. The summed E-state index contributed by atoms with van der Waals surface area (Å²) in [5.41, 5.74) is 1.94. The lowest BCUT2D eigenvalue weighted by Gasteiger charge is -2.13. The van der Waals surface area contributed by atoms with Gasteiger partial charge in [0.05, 0.1) is 29.7 Å². The molecule has 158 valence electrons. The fourth-order valence-corrected chi connectivity index (χ4v) is 5.06. The van der Waals surface area contributed by atoms with Crippen LogP contribution in [0.2, 0.25) is 0 Å². The second-order valence-corrected chi connectivity index (χ2v) is 8.88. The molecule has 0 atom stereocenters. The highest BCUT2D eigenvalue weighted by Crippen LogP contribution is 2.34. The number of sulfonamides is 1. The summed E-state index contributed by atoms with van der Waals surface area (Å²) in [6, 6.07) is 7.71. The van der Waals surface area contributed by atoms with Gasteiger partial charge < -0.3 is 9.47 Å². The molecule has 0 aliphatic rings. The van der Waals surface area contributed by atoms with Gasteiger partial charge in [0.2, 0.25) is 0 Å². The molecule has 11 heteroatoms. The summed E-state index contributed by atoms with van der Waals surface area (Å²) in [5, 5.41) is 12.9. The molecule has 0 bridgehead atoms. The first kappa shape index (κ1) is 21.5. The number of rotatable bonds is 7. The lowest BCUT2D eigenvalue weighted by atomic mass is 10.1. The van der Waals surface area contributed by atoms with Crippen LogP contribution >= 0.6 is 11.3 Å². The van der Waals surface area contributed by atoms with Crippen molar-refractivity contribution in [3.05, 3.63) is 57.0 Å². The molecule has 1 heterocycles. The highest BCUT2D eigenvalue weighted by Gasteiger charge is 2.22. The molecular weight excluding hydrogens is 430 g/mol. The Morgan fingerprint density at radius 3 is 2.37 bits per heavy atom. The largest absolute Gasteiger partial charge is 0.493 e. The number of aryl methyl sites for hydroxylation is 2. The Bertz CT molecular complexity index is 1220. The van der Waals surface area contributed by atoms with Gasteiger partial charge in [-0.15, -0.1) is 11.3 Å². The molecule has 0 unspecified atom stereocenters. The lowest BCUT2D eigenvalue weighted by Crippen LogP contribution is -2.14. The van der Waals surface area contributed by atoms with Gasteiger partial charge in [0, 0.05) is 28.6 Å². The molecular formula is C19H19N3O6S2. The van der Waals surface area contributed by atoms with Crippen LogP contribution in [0.3, 0.4) is 0 Å². The van der Waals surface area contributed by atoms with Crippen molar-refractivity contribution in [1.82, 2.24) is 4.98 Å². The molecule has 3 aromatic rings. The zero-order chi connectivity index (χ0) is 22.1. The highest BCUT2D eigenvalue weighted by atomic mass is 32.2. The number of hydrogen-bond donors (Lipinski definition) is 1. The minimum absolute atomic E-state index is 0.0245. The fraction of sp³-hybridized carbons (Fsp3) is 0.211. The predicted molar refractivity (Wildman–Crippen MR) is 114 cm³/mol. The van der Waals surface area contributed by atoms with Crippen LogP contribution < -0.4 is 14.2 Å². The van der Waals surface area contributed by atoms with Crippen LogP contribution in [0, 0.1) is 24.0 Å². The third-order valence-electron chi connectivity index (χ3n) is 4.40. The minimum atomic E-state index is -3.94. The normalized spacial score (nSPS) is 11.2. The van der Waals surface area contributed by atoms with Crippen molar-refractivity contribution in [2.45, 2.75) is 18.7 Å². The Morgan fingerprint density at radius 2 is 1.73 bits per heavy atom. The lowest BCUT2D eigenvalue weighted by molar-refractivity contribution is -0.385. The molecule has 9 nitrogen and oxygen atoms in total. The maximum Gasteiger partial charge on any atom is 0.272 e. The van der Waals surface area contributed by atoms with E-state index in [2.05, 4.69) is 9.71 Å². The van der Waals surface area contributed by atoms with Crippen LogP contribution in [0.5, 0.6) is 11.5 Å². The first-order valence-corrected chi connectivity index (χ1v) is 11.0. The smallest absolute Gasteiger partial charge is 0.272 e. The fourth-order valence-electron chi connectivity index (χ4n) is 2.84. The molecule has 1 N–H and O–H groups in total. The van der Waals surface area contributed by atoms with Gasteiger partial charge >= 0.3 is 0 Å². The number of hydrogen-bond acceptors (Lipinski definition) is 8. The SMILES string of the molecule is COc1cc(C)c(S(=O)(=O)Nc2nc(-c3ccc(C)c([N+](=O)[O-])c3)cs2)cc1OC. The maximum atomic E-state index is 12.9. The zero-order valence-corrected chi connectivity index (χ0v) is 18.3. The van der Waals surface area contributed by atoms with E-state index in [0.29, 0.717) is 28.1 Å². The van der Waals surface area contributed by atoms with Gasteiger partial charge in [0.15, 0.2) is 16.6 Å². The van der Waals surface area contributed by atoms with Crippen LogP contribution in [0.15, 0.2) is 40.6 Å². The van der Waals surface area contributed by atoms with E-state index in [9.17, 15) is 18.5 Å². The van der Waals surface area contributed by atoms with E-state index in [4.69, 9.17) is 9.47 Å². The topological polar surface area (TPSA) is 121 Å². The zero-order valence-electron chi connectivity index (χ0n) is 16.6. The van der Waals surface area contributed by atoms with Crippen molar-refractivity contribution in [2.24, 2.45) is 0 Å². The Kier molecular flexibility index (Phi) is 5.94. The summed E-state index contributed by atoms with van der Waals surface area (Å²) in [4.78, 5) is 15.0. The molecule has 0 aliphatic carbocycles. The second kappa shape index (κ2) is 8.28. The van der Waals surface area contributed by atoms with Gasteiger partial charge in [0.1, 0.15) is 0 Å². The number of aromatic nitrogens is 1. The summed E-state index contributed by atoms with van der Waals surface area (Å²) >= 11 is 1.08. The molecule has 0 saturated heterocycles. The number of nitrogens with one attached hydrogen (secondary N) is 1. The van der Waals surface area contributed by atoms with Crippen LogP contribution in [-0.4, -0.2) is 32.5 Å². The molecule has 0 radical (unpaired) electrons. The standard InChI is InChI=1S/C19H19N3O6S2/c1-11-5-6-13(8-15(11)22(23)24)14-10-29-19(20-14)21-30(25,26)18-9-17(28-4)16(27-3)7-12(18)2/h5-10H,1-4H3,(H,20,21). The van der Waals surface area contributed by atoms with E-state index in [0.717, 1.165) is 11.3 Å². The molecule has 30 heavy (non-hydrogen) atoms. The van der Waals surface area contributed by atoms with E-state index < -0.39 is 14.9 Å². The Labute approximate surface area is 177 Å². The molecule has 3 rings (SSSR count). The average Bonchev–Trinajstić information content (AvgIpc) is 3.15. The number of ether oxygens (including phenoxy) is 2. The van der Waals surface area contributed by atoms with Crippen LogP contribution in [0.25, 0.3) is 11.3 Å². The van der Waals surface area contributed by atoms with Crippen molar-refractivity contribution in [1.29, 1.82) is 0 Å². The molecule has 0 fully saturated rings. The number of thiazole rings is 1. The quantitative estimate of drug-likeness (QED) is 0.425. The second-order valence-electron chi connectivity index (χ2n) is 6.37. The van der Waals surface area contributed by atoms with E-state index in [1.165, 1.54) is 26.4 Å². The Hall–Kier alpha value is -3.18. The predicted octanol–water partition coefficient (Wildman–Crippen LogP) is 4.15. The Balaban J connectivity index is 1.92. The number of nitro benzene ring substituents is 1. The van der Waals surface area contributed by atoms with Crippen LogP contribution in [0.4, 0.5) is 10.8 Å². The molecule has 0 saturated carbocycles. The van der Waals surface area contributed by atoms with Crippen molar-refractivity contribution in [3.63, 3.8) is 0 Å². The third-order valence-corrected chi connectivity index (χ3v) is 6.77. The van der Waals surface area contributed by atoms with Crippen molar-refractivity contribution in [2.75, 3.05) is 18.9 Å². The average molecular weight is 450 g/mol. The molecule has 2 aromatic carbocycles. The van der Waals surface area contributed by atoms with Gasteiger partial charge in [-0.05, 0) is 25.5 Å². The summed E-state index contributed by atoms with van der Waals surface area (Å²) in [5.74, 6) is 0.710. The molecule has 0 amide bonds. The van der Waals surface area contributed by atoms with Crippen molar-refractivity contribution < 1.29 is 22.8 Å². The number of methoxy groups -OCH3 is 2. The summed E-state index contributed by atoms with van der Waals surface area (Å²) in [6.07, 6.45) is 0. The number of nitro groups is 1. The van der Waals surface area contributed by atoms with E-state index in [1.807, 2.05) is 0 Å². The number of anilines is 1. The van der Waals surface area contributed by atoms with Gasteiger partial charge in [0.25, 0.3) is 15.7 Å². The van der Waals surface area contributed by atoms with Crippen LogP contribution in [0.1, 0.15) is 11.1 Å². The van der Waals surface area contributed by atoms with Crippen molar-refractivity contribution in [3.8, 4) is 22.8 Å². The first-order valence-electron chi connectivity index (χ1n) is 8.62. The molecule has 0 aliphatic heterocycles. The Morgan fingerprint density at radius 1 is 1.07 bits per heavy atom. The highest BCUT2D eigenvalue weighted by molar-refractivity contribution is 7.93. The minimum Gasteiger partial charge on any atom is -0.493 e.